The van der Waals surface area contributed by atoms with Gasteiger partial charge in [-0.15, -0.1) is 0 Å². The van der Waals surface area contributed by atoms with E-state index in [0.717, 1.165) is 12.2 Å². The summed E-state index contributed by atoms with van der Waals surface area (Å²) in [5.41, 5.74) is 9.95. The summed E-state index contributed by atoms with van der Waals surface area (Å²) in [5, 5.41) is 0. The quantitative estimate of drug-likeness (QED) is 0.883. The second-order valence-corrected chi connectivity index (χ2v) is 6.78. The first-order valence-corrected chi connectivity index (χ1v) is 7.90. The molecular weight excluding hydrogens is 270 g/mol. The topological polar surface area (TPSA) is 35.2 Å². The van der Waals surface area contributed by atoms with E-state index in [-0.39, 0.29) is 5.41 Å². The molecule has 118 valence electrons. The third-order valence-electron chi connectivity index (χ3n) is 4.13. The molecule has 0 saturated heterocycles. The molecule has 2 N–H and O–H groups in total. The lowest BCUT2D eigenvalue weighted by Gasteiger charge is -2.22. The van der Waals surface area contributed by atoms with Crippen LogP contribution in [0, 0.1) is 0 Å². The minimum Gasteiger partial charge on any atom is -0.497 e. The predicted octanol–water partition coefficient (Wildman–Crippen LogP) is 4.47. The van der Waals surface area contributed by atoms with Crippen molar-refractivity contribution in [1.82, 2.24) is 0 Å². The molecule has 1 atom stereocenters. The molecule has 2 aromatic carbocycles. The second kappa shape index (κ2) is 6.97. The molecule has 2 heteroatoms. The summed E-state index contributed by atoms with van der Waals surface area (Å²) in [5.74, 6) is 1.21. The number of hydrogen-bond donors (Lipinski definition) is 1. The predicted molar refractivity (Wildman–Crippen MR) is 93.7 cm³/mol. The summed E-state index contributed by atoms with van der Waals surface area (Å²) in [4.78, 5) is 0. The fraction of sp³-hybridized carbons (Fsp3) is 0.400. The fourth-order valence-corrected chi connectivity index (χ4v) is 2.77. The van der Waals surface area contributed by atoms with Crippen molar-refractivity contribution in [3.63, 3.8) is 0 Å². The molecule has 0 amide bonds. The van der Waals surface area contributed by atoms with Crippen LogP contribution in [-0.2, 0) is 5.41 Å². The first kappa shape index (κ1) is 16.6. The van der Waals surface area contributed by atoms with E-state index in [9.17, 15) is 0 Å². The van der Waals surface area contributed by atoms with Gasteiger partial charge in [-0.2, -0.15) is 0 Å². The van der Waals surface area contributed by atoms with Crippen molar-refractivity contribution in [3.05, 3.63) is 65.2 Å². The van der Waals surface area contributed by atoms with Crippen LogP contribution in [-0.4, -0.2) is 13.7 Å². The van der Waals surface area contributed by atoms with Crippen LogP contribution in [0.3, 0.4) is 0 Å². The van der Waals surface area contributed by atoms with Gasteiger partial charge in [-0.3, -0.25) is 0 Å². The Kier molecular flexibility index (Phi) is 5.25. The zero-order valence-electron chi connectivity index (χ0n) is 14.1. The SMILES string of the molecule is COc1cccc(C(CCN)c2ccc(C(C)(C)C)cc2)c1. The van der Waals surface area contributed by atoms with Crippen molar-refractivity contribution >= 4 is 0 Å². The minimum absolute atomic E-state index is 0.178. The zero-order valence-corrected chi connectivity index (χ0v) is 14.1. The lowest BCUT2D eigenvalue weighted by Crippen LogP contribution is -2.12. The Morgan fingerprint density at radius 1 is 1.00 bits per heavy atom. The number of methoxy groups -OCH3 is 1. The summed E-state index contributed by atoms with van der Waals surface area (Å²) < 4.78 is 5.35. The van der Waals surface area contributed by atoms with Crippen molar-refractivity contribution in [2.75, 3.05) is 13.7 Å². The highest BCUT2D eigenvalue weighted by Gasteiger charge is 2.17. The summed E-state index contributed by atoms with van der Waals surface area (Å²) in [7, 11) is 1.70. The van der Waals surface area contributed by atoms with Gasteiger partial charge in [0.15, 0.2) is 0 Å². The number of hydrogen-bond acceptors (Lipinski definition) is 2. The molecule has 0 bridgehead atoms. The van der Waals surface area contributed by atoms with Crippen LogP contribution in [0.4, 0.5) is 0 Å². The first-order valence-electron chi connectivity index (χ1n) is 7.90. The Balaban J connectivity index is 2.35. The maximum absolute atomic E-state index is 5.84. The van der Waals surface area contributed by atoms with Crippen molar-refractivity contribution in [2.24, 2.45) is 5.73 Å². The molecule has 0 aliphatic carbocycles. The third-order valence-corrected chi connectivity index (χ3v) is 4.13. The van der Waals surface area contributed by atoms with Crippen molar-refractivity contribution in [1.29, 1.82) is 0 Å². The van der Waals surface area contributed by atoms with Gasteiger partial charge in [0.1, 0.15) is 5.75 Å². The maximum Gasteiger partial charge on any atom is 0.119 e. The van der Waals surface area contributed by atoms with Gasteiger partial charge in [0.05, 0.1) is 7.11 Å². The van der Waals surface area contributed by atoms with E-state index in [2.05, 4.69) is 57.2 Å². The van der Waals surface area contributed by atoms with E-state index in [0.29, 0.717) is 12.5 Å². The van der Waals surface area contributed by atoms with Gasteiger partial charge in [0, 0.05) is 5.92 Å². The molecule has 0 aliphatic heterocycles. The molecule has 2 aromatic rings. The summed E-state index contributed by atoms with van der Waals surface area (Å²) in [6, 6.07) is 17.2. The normalized spacial score (nSPS) is 13.0. The minimum atomic E-state index is 0.178. The number of ether oxygens (including phenoxy) is 1. The Morgan fingerprint density at radius 2 is 1.68 bits per heavy atom. The molecule has 0 saturated carbocycles. The van der Waals surface area contributed by atoms with E-state index in [1.54, 1.807) is 7.11 Å². The van der Waals surface area contributed by atoms with Gasteiger partial charge in [0.25, 0.3) is 0 Å². The molecule has 0 aromatic heterocycles. The molecule has 2 rings (SSSR count). The Hall–Kier alpha value is -1.80. The van der Waals surface area contributed by atoms with Crippen LogP contribution < -0.4 is 10.5 Å². The van der Waals surface area contributed by atoms with Gasteiger partial charge < -0.3 is 10.5 Å². The molecule has 1 unspecified atom stereocenters. The van der Waals surface area contributed by atoms with E-state index in [1.807, 2.05) is 12.1 Å². The van der Waals surface area contributed by atoms with Crippen LogP contribution in [0.25, 0.3) is 0 Å². The zero-order chi connectivity index (χ0) is 16.2. The largest absolute Gasteiger partial charge is 0.497 e. The summed E-state index contributed by atoms with van der Waals surface area (Å²) in [6.45, 7) is 7.38. The molecule has 0 heterocycles. The smallest absolute Gasteiger partial charge is 0.119 e. The van der Waals surface area contributed by atoms with Gasteiger partial charge in [-0.25, -0.2) is 0 Å². The second-order valence-electron chi connectivity index (χ2n) is 6.78. The van der Waals surface area contributed by atoms with Crippen molar-refractivity contribution in [2.45, 2.75) is 38.5 Å². The van der Waals surface area contributed by atoms with Crippen LogP contribution in [0.15, 0.2) is 48.5 Å². The van der Waals surface area contributed by atoms with E-state index < -0.39 is 0 Å². The van der Waals surface area contributed by atoms with Crippen molar-refractivity contribution in [3.8, 4) is 5.75 Å². The number of nitrogens with two attached hydrogens (primary N) is 1. The maximum atomic E-state index is 5.84. The molecule has 2 nitrogen and oxygen atoms in total. The Bertz CT molecular complexity index is 596. The van der Waals surface area contributed by atoms with Crippen LogP contribution in [0.2, 0.25) is 0 Å². The highest BCUT2D eigenvalue weighted by molar-refractivity contribution is 5.39. The van der Waals surface area contributed by atoms with Crippen LogP contribution >= 0.6 is 0 Å². The molecule has 0 aliphatic rings. The van der Waals surface area contributed by atoms with Gasteiger partial charge in [-0.1, -0.05) is 57.2 Å². The summed E-state index contributed by atoms with van der Waals surface area (Å²) in [6.07, 6.45) is 0.933. The Labute approximate surface area is 134 Å². The lowest BCUT2D eigenvalue weighted by atomic mass is 9.83. The number of benzene rings is 2. The summed E-state index contributed by atoms with van der Waals surface area (Å²) >= 11 is 0. The van der Waals surface area contributed by atoms with Crippen molar-refractivity contribution < 1.29 is 4.74 Å². The van der Waals surface area contributed by atoms with Gasteiger partial charge in [0.2, 0.25) is 0 Å². The third kappa shape index (κ3) is 3.89. The molecule has 0 spiro atoms. The fourth-order valence-electron chi connectivity index (χ4n) is 2.77. The van der Waals surface area contributed by atoms with E-state index >= 15 is 0 Å². The molecular formula is C20H27NO. The van der Waals surface area contributed by atoms with Gasteiger partial charge in [-0.05, 0) is 47.2 Å². The van der Waals surface area contributed by atoms with Crippen LogP contribution in [0.1, 0.15) is 49.8 Å². The molecule has 22 heavy (non-hydrogen) atoms. The first-order chi connectivity index (χ1) is 10.5. The Morgan fingerprint density at radius 3 is 2.23 bits per heavy atom. The average molecular weight is 297 g/mol. The standard InChI is InChI=1S/C20H27NO/c1-20(2,3)17-10-8-15(9-11-17)19(12-13-21)16-6-5-7-18(14-16)22-4/h5-11,14,19H,12-13,21H2,1-4H3. The number of rotatable bonds is 5. The average Bonchev–Trinajstić information content (AvgIpc) is 2.52. The monoisotopic (exact) mass is 297 g/mol. The van der Waals surface area contributed by atoms with Gasteiger partial charge >= 0.3 is 0 Å². The molecule has 0 fully saturated rings. The van der Waals surface area contributed by atoms with E-state index in [4.69, 9.17) is 10.5 Å². The molecule has 0 radical (unpaired) electrons. The van der Waals surface area contributed by atoms with Crippen LogP contribution in [0.5, 0.6) is 5.75 Å². The lowest BCUT2D eigenvalue weighted by molar-refractivity contribution is 0.414. The highest BCUT2D eigenvalue weighted by Crippen LogP contribution is 2.31. The highest BCUT2D eigenvalue weighted by atomic mass is 16.5. The van der Waals surface area contributed by atoms with E-state index in [1.165, 1.54) is 16.7 Å².